The first-order chi connectivity index (χ1) is 8.12. The fraction of sp³-hybridized carbons (Fsp3) is 0.917. The zero-order chi connectivity index (χ0) is 14.4. The molecular formula is C12H26N2O3S. The van der Waals surface area contributed by atoms with E-state index in [2.05, 4.69) is 10.6 Å². The number of hydrogen-bond acceptors (Lipinski definition) is 4. The summed E-state index contributed by atoms with van der Waals surface area (Å²) in [5, 5.41) is 5.69. The average molecular weight is 278 g/mol. The van der Waals surface area contributed by atoms with Gasteiger partial charge in [0.2, 0.25) is 5.91 Å². The van der Waals surface area contributed by atoms with Crippen LogP contribution in [0.25, 0.3) is 0 Å². The second-order valence-electron chi connectivity index (χ2n) is 5.40. The van der Waals surface area contributed by atoms with Crippen molar-refractivity contribution in [1.29, 1.82) is 0 Å². The number of nitrogens with one attached hydrogen (secondary N) is 2. The molecular weight excluding hydrogens is 252 g/mol. The fourth-order valence-corrected chi connectivity index (χ4v) is 2.21. The van der Waals surface area contributed by atoms with Gasteiger partial charge in [-0.15, -0.1) is 0 Å². The lowest BCUT2D eigenvalue weighted by molar-refractivity contribution is -0.122. The number of amides is 1. The van der Waals surface area contributed by atoms with Crippen molar-refractivity contribution in [1.82, 2.24) is 10.6 Å². The summed E-state index contributed by atoms with van der Waals surface area (Å²) in [6.45, 7) is 9.69. The summed E-state index contributed by atoms with van der Waals surface area (Å²) in [4.78, 5) is 11.5. The van der Waals surface area contributed by atoms with E-state index in [1.54, 1.807) is 27.7 Å². The molecule has 108 valence electrons. The highest BCUT2D eigenvalue weighted by Gasteiger charge is 2.28. The molecule has 0 spiro atoms. The monoisotopic (exact) mass is 278 g/mol. The van der Waals surface area contributed by atoms with E-state index in [1.165, 1.54) is 0 Å². The molecule has 6 heteroatoms. The molecule has 0 saturated heterocycles. The Labute approximate surface area is 111 Å². The number of rotatable bonds is 7. The third-order valence-electron chi connectivity index (χ3n) is 2.70. The Hall–Kier alpha value is -0.620. The van der Waals surface area contributed by atoms with Crippen LogP contribution in [0.4, 0.5) is 0 Å². The predicted octanol–water partition coefficient (Wildman–Crippen LogP) is 0.704. The van der Waals surface area contributed by atoms with Gasteiger partial charge in [-0.05, 0) is 34.1 Å². The molecule has 2 N–H and O–H groups in total. The molecule has 0 heterocycles. The van der Waals surface area contributed by atoms with Gasteiger partial charge in [0.25, 0.3) is 0 Å². The molecule has 0 aromatic carbocycles. The maximum absolute atomic E-state index is 11.8. The molecule has 5 nitrogen and oxygen atoms in total. The van der Waals surface area contributed by atoms with E-state index in [0.717, 1.165) is 6.42 Å². The minimum atomic E-state index is -3.13. The van der Waals surface area contributed by atoms with E-state index < -0.39 is 14.6 Å². The Bertz CT molecular complexity index is 358. The highest BCUT2D eigenvalue weighted by Crippen LogP contribution is 2.15. The summed E-state index contributed by atoms with van der Waals surface area (Å²) < 4.78 is 22.9. The second-order valence-corrected chi connectivity index (χ2v) is 8.26. The lowest BCUT2D eigenvalue weighted by Crippen LogP contribution is -2.45. The fourth-order valence-electron chi connectivity index (χ4n) is 1.21. The molecule has 1 unspecified atom stereocenters. The van der Waals surface area contributed by atoms with Crippen molar-refractivity contribution < 1.29 is 13.2 Å². The van der Waals surface area contributed by atoms with Gasteiger partial charge in [-0.3, -0.25) is 4.79 Å². The third kappa shape index (κ3) is 5.82. The number of sulfone groups is 1. The molecule has 0 aromatic heterocycles. The summed E-state index contributed by atoms with van der Waals surface area (Å²) in [5.41, 5.74) is 0. The van der Waals surface area contributed by atoms with Crippen molar-refractivity contribution in [3.63, 3.8) is 0 Å². The Morgan fingerprint density at radius 1 is 1.22 bits per heavy atom. The van der Waals surface area contributed by atoms with Crippen molar-refractivity contribution in [2.75, 3.05) is 18.8 Å². The lowest BCUT2D eigenvalue weighted by Gasteiger charge is -2.20. The summed E-state index contributed by atoms with van der Waals surface area (Å²) in [7, 11) is -3.13. The van der Waals surface area contributed by atoms with E-state index >= 15 is 0 Å². The molecule has 0 aromatic rings. The third-order valence-corrected chi connectivity index (χ3v) is 5.30. The van der Waals surface area contributed by atoms with Crippen LogP contribution in [0.1, 0.15) is 41.0 Å². The first-order valence-electron chi connectivity index (χ1n) is 6.35. The van der Waals surface area contributed by atoms with Crippen molar-refractivity contribution in [3.05, 3.63) is 0 Å². The minimum absolute atomic E-state index is 0.0435. The maximum Gasteiger partial charge on any atom is 0.236 e. The highest BCUT2D eigenvalue weighted by molar-refractivity contribution is 7.92. The van der Waals surface area contributed by atoms with Gasteiger partial charge in [0, 0.05) is 13.1 Å². The van der Waals surface area contributed by atoms with Gasteiger partial charge in [-0.1, -0.05) is 6.92 Å². The van der Waals surface area contributed by atoms with Gasteiger partial charge in [0.1, 0.15) is 0 Å². The van der Waals surface area contributed by atoms with Crippen molar-refractivity contribution >= 4 is 15.7 Å². The Kier molecular flexibility index (Phi) is 6.84. The van der Waals surface area contributed by atoms with Crippen LogP contribution >= 0.6 is 0 Å². The van der Waals surface area contributed by atoms with E-state index in [4.69, 9.17) is 0 Å². The Morgan fingerprint density at radius 3 is 2.22 bits per heavy atom. The molecule has 0 radical (unpaired) electrons. The molecule has 0 aliphatic carbocycles. The summed E-state index contributed by atoms with van der Waals surface area (Å²) in [6.07, 6.45) is 0.886. The van der Waals surface area contributed by atoms with Gasteiger partial charge in [-0.2, -0.15) is 0 Å². The zero-order valence-corrected chi connectivity index (χ0v) is 12.9. The molecule has 0 aliphatic heterocycles. The van der Waals surface area contributed by atoms with Crippen molar-refractivity contribution in [2.24, 2.45) is 0 Å². The van der Waals surface area contributed by atoms with Crippen molar-refractivity contribution in [3.8, 4) is 0 Å². The zero-order valence-electron chi connectivity index (χ0n) is 12.0. The van der Waals surface area contributed by atoms with Crippen LogP contribution in [0.3, 0.4) is 0 Å². The molecule has 0 saturated carbocycles. The number of carbonyl (C=O) groups is 1. The van der Waals surface area contributed by atoms with Gasteiger partial charge in [0.05, 0.1) is 16.5 Å². The largest absolute Gasteiger partial charge is 0.355 e. The normalized spacial score (nSPS) is 14.3. The molecule has 1 atom stereocenters. The maximum atomic E-state index is 11.8. The second kappa shape index (κ2) is 7.09. The summed E-state index contributed by atoms with van der Waals surface area (Å²) in [6, 6.07) is -0.369. The van der Waals surface area contributed by atoms with E-state index in [9.17, 15) is 13.2 Å². The molecule has 18 heavy (non-hydrogen) atoms. The Morgan fingerprint density at radius 2 is 1.78 bits per heavy atom. The van der Waals surface area contributed by atoms with Gasteiger partial charge in [-0.25, -0.2) is 8.42 Å². The SMILES string of the molecule is CCCNC(=O)C(C)NCCS(=O)(=O)C(C)(C)C. The van der Waals surface area contributed by atoms with Gasteiger partial charge < -0.3 is 10.6 Å². The standard InChI is InChI=1S/C12H26N2O3S/c1-6-7-14-11(15)10(2)13-8-9-18(16,17)12(3,4)5/h10,13H,6-9H2,1-5H3,(H,14,15). The van der Waals surface area contributed by atoms with Gasteiger partial charge >= 0.3 is 0 Å². The van der Waals surface area contributed by atoms with E-state index in [-0.39, 0.29) is 17.7 Å². The van der Waals surface area contributed by atoms with Crippen molar-refractivity contribution in [2.45, 2.75) is 51.8 Å². The molecule has 0 fully saturated rings. The van der Waals surface area contributed by atoms with Crippen LogP contribution in [0.15, 0.2) is 0 Å². The quantitative estimate of drug-likeness (QED) is 0.719. The molecule has 0 aliphatic rings. The lowest BCUT2D eigenvalue weighted by atomic mass is 10.3. The van der Waals surface area contributed by atoms with E-state index in [1.807, 2.05) is 6.92 Å². The smallest absolute Gasteiger partial charge is 0.236 e. The number of hydrogen-bond donors (Lipinski definition) is 2. The van der Waals surface area contributed by atoms with Crippen LogP contribution in [0, 0.1) is 0 Å². The molecule has 0 bridgehead atoms. The molecule has 0 rings (SSSR count). The van der Waals surface area contributed by atoms with Crippen LogP contribution in [0.5, 0.6) is 0 Å². The summed E-state index contributed by atoms with van der Waals surface area (Å²) in [5.74, 6) is -0.0490. The average Bonchev–Trinajstić information content (AvgIpc) is 2.23. The van der Waals surface area contributed by atoms with Crippen LogP contribution in [-0.4, -0.2) is 44.0 Å². The van der Waals surface area contributed by atoms with E-state index in [0.29, 0.717) is 13.1 Å². The topological polar surface area (TPSA) is 75.3 Å². The van der Waals surface area contributed by atoms with Crippen LogP contribution in [-0.2, 0) is 14.6 Å². The summed E-state index contributed by atoms with van der Waals surface area (Å²) >= 11 is 0. The number of carbonyl (C=O) groups excluding carboxylic acids is 1. The predicted molar refractivity (Wildman–Crippen MR) is 74.3 cm³/mol. The van der Waals surface area contributed by atoms with Crippen LogP contribution in [0.2, 0.25) is 0 Å². The Balaban J connectivity index is 4.09. The first kappa shape index (κ1) is 17.4. The minimum Gasteiger partial charge on any atom is -0.355 e. The molecule has 1 amide bonds. The van der Waals surface area contributed by atoms with Crippen LogP contribution < -0.4 is 10.6 Å². The highest BCUT2D eigenvalue weighted by atomic mass is 32.2. The van der Waals surface area contributed by atoms with Gasteiger partial charge in [0.15, 0.2) is 9.84 Å². The first-order valence-corrected chi connectivity index (χ1v) is 8.00.